The van der Waals surface area contributed by atoms with Crippen LogP contribution in [0.5, 0.6) is 0 Å². The molecule has 2 radical (unpaired) electrons. The first-order valence-electron chi connectivity index (χ1n) is 23.7. The smallest absolute Gasteiger partial charge is 0.414 e. The standard InChI is InChI=1S/C20H21NO2.C16H15N.2C11H26O2Si.2Y/c1-20(2,3)23-19(22)21(4)18-14-12-17(13-15-18)11-10-16-8-6-5-7-9-16;1-17(2)16-12-10-15(11-13-16)9-8-14-6-4-3-5-7-14;2*1-10(8-12-5)9-13-14(6,7)11(2,3)4;;/h5-8,10,12-15H,1-4H3;3-6,8,10-13H,1-2H3;2*10H,8-9H2,1-7H3;;/q2*-2;;;;/t;;2*10-;;/m..10../s1. The van der Waals surface area contributed by atoms with E-state index in [-0.39, 0.29) is 71.5 Å². The van der Waals surface area contributed by atoms with Crippen molar-refractivity contribution in [3.8, 4) is 0 Å². The number of amides is 1. The molecule has 0 saturated carbocycles. The molecule has 0 bridgehead atoms. The minimum atomic E-state index is -1.55. The van der Waals surface area contributed by atoms with Crippen LogP contribution in [-0.2, 0) is 88.5 Å². The van der Waals surface area contributed by atoms with Gasteiger partial charge in [0.05, 0.1) is 13.2 Å². The van der Waals surface area contributed by atoms with E-state index in [1.54, 1.807) is 21.3 Å². The van der Waals surface area contributed by atoms with Crippen LogP contribution in [0.25, 0.3) is 12.2 Å². The van der Waals surface area contributed by atoms with Crippen LogP contribution in [0.3, 0.4) is 0 Å². The summed E-state index contributed by atoms with van der Waals surface area (Å²) in [5.41, 5.74) is 5.49. The van der Waals surface area contributed by atoms with Crippen molar-refractivity contribution in [2.24, 2.45) is 11.8 Å². The Morgan fingerprint density at radius 3 is 1.23 bits per heavy atom. The molecule has 0 N–H and O–H groups in total. The van der Waals surface area contributed by atoms with Crippen molar-refractivity contribution in [2.45, 2.75) is 118 Å². The summed E-state index contributed by atoms with van der Waals surface area (Å²) >= 11 is 0. The number of carbonyl (C=O) groups is 1. The zero-order chi connectivity index (χ0) is 51.8. The van der Waals surface area contributed by atoms with Gasteiger partial charge < -0.3 is 28.0 Å². The number of hydrogen-bond acceptors (Lipinski definition) is 7. The van der Waals surface area contributed by atoms with Crippen molar-refractivity contribution in [3.05, 3.63) is 144 Å². The number of benzene rings is 4. The molecule has 0 heterocycles. The van der Waals surface area contributed by atoms with E-state index in [0.717, 1.165) is 54.4 Å². The van der Waals surface area contributed by atoms with Gasteiger partial charge in [-0.15, -0.1) is 36.4 Å². The molecule has 0 saturated heterocycles. The van der Waals surface area contributed by atoms with Crippen LogP contribution >= 0.6 is 0 Å². The van der Waals surface area contributed by atoms with Crippen LogP contribution in [-0.4, -0.2) is 90.1 Å². The molecule has 0 aromatic heterocycles. The average molecular weight is 1140 g/mol. The summed E-state index contributed by atoms with van der Waals surface area (Å²) in [6.07, 6.45) is 9.91. The molecule has 2 atom stereocenters. The molecule has 4 aromatic rings. The number of anilines is 2. The number of methoxy groups -OCH3 is 2. The summed E-state index contributed by atoms with van der Waals surface area (Å²) in [7, 11) is 6.14. The zero-order valence-electron chi connectivity index (χ0n) is 46.9. The molecule has 0 spiro atoms. The Morgan fingerprint density at radius 1 is 0.586 bits per heavy atom. The summed E-state index contributed by atoms with van der Waals surface area (Å²) in [5, 5.41) is 0.611. The van der Waals surface area contributed by atoms with Gasteiger partial charge in [0.25, 0.3) is 0 Å². The fraction of sp³-hybridized carbons (Fsp3) is 0.500. The van der Waals surface area contributed by atoms with Gasteiger partial charge in [0, 0.05) is 137 Å². The fourth-order valence-electron chi connectivity index (χ4n) is 5.19. The third kappa shape index (κ3) is 29.6. The van der Waals surface area contributed by atoms with Crippen molar-refractivity contribution < 1.29 is 93.3 Å². The van der Waals surface area contributed by atoms with E-state index in [1.165, 1.54) is 10.6 Å². The van der Waals surface area contributed by atoms with Gasteiger partial charge in [-0.05, 0) is 57.0 Å². The summed E-state index contributed by atoms with van der Waals surface area (Å²) in [5.74, 6) is 0.989. The molecule has 8 nitrogen and oxygen atoms in total. The maximum absolute atomic E-state index is 12.0. The van der Waals surface area contributed by atoms with Gasteiger partial charge in [-0.3, -0.25) is 4.90 Å². The molecule has 4 rings (SSSR count). The Labute approximate surface area is 480 Å². The minimum Gasteiger partial charge on any atom is -0.443 e. The topological polar surface area (TPSA) is 69.7 Å². The number of hydrogen-bond donors (Lipinski definition) is 0. The molecule has 4 aromatic carbocycles. The number of nitrogens with zero attached hydrogens (tertiary/aromatic N) is 2. The summed E-state index contributed by atoms with van der Waals surface area (Å²) in [6.45, 7) is 35.8. The average Bonchev–Trinajstić information content (AvgIpc) is 3.26. The van der Waals surface area contributed by atoms with Crippen LogP contribution in [0.15, 0.2) is 97.1 Å². The second-order valence-electron chi connectivity index (χ2n) is 21.5. The van der Waals surface area contributed by atoms with E-state index in [0.29, 0.717) is 21.9 Å². The van der Waals surface area contributed by atoms with Gasteiger partial charge in [-0.25, -0.2) is 28.1 Å². The third-order valence-corrected chi connectivity index (χ3v) is 20.5. The van der Waals surface area contributed by atoms with Crippen LogP contribution in [0.1, 0.15) is 98.4 Å². The normalized spacial score (nSPS) is 12.6. The maximum Gasteiger partial charge on any atom is 0.414 e. The van der Waals surface area contributed by atoms with E-state index in [4.69, 9.17) is 23.1 Å². The molecular weight excluding hydrogens is 1050 g/mol. The first kappa shape index (κ1) is 70.0. The molecule has 384 valence electrons. The van der Waals surface area contributed by atoms with E-state index in [9.17, 15) is 4.79 Å². The van der Waals surface area contributed by atoms with E-state index < -0.39 is 22.2 Å². The number of carbonyl (C=O) groups excluding carboxylic acids is 1. The molecule has 70 heavy (non-hydrogen) atoms. The number of rotatable bonds is 16. The quantitative estimate of drug-likeness (QED) is 0.0629. The monoisotopic (exact) mass is 1140 g/mol. The molecule has 0 unspecified atom stereocenters. The van der Waals surface area contributed by atoms with E-state index in [1.807, 2.05) is 120 Å². The van der Waals surface area contributed by atoms with E-state index >= 15 is 0 Å². The molecule has 12 heteroatoms. The second-order valence-corrected chi connectivity index (χ2v) is 31.1. The Kier molecular flexibility index (Phi) is 34.4. The SMILES string of the molecule is CN(C(=O)OC(C)(C)C)c1ccc([C-]=Cc2[c-]cccc2)cc1.CN(C)c1ccc([C-]=Cc2[c-]cccc2)cc1.COC[C@@H](C)CO[Si](C)(C)C(C)(C)C.COC[C@H](C)CO[Si](C)(C)C(C)(C)C.[Y].[Y]. The summed E-state index contributed by atoms with van der Waals surface area (Å²) in [6, 6.07) is 37.7. The zero-order valence-corrected chi connectivity index (χ0v) is 54.6. The van der Waals surface area contributed by atoms with Crippen LogP contribution in [0.2, 0.25) is 36.3 Å². The van der Waals surface area contributed by atoms with Crippen molar-refractivity contribution in [2.75, 3.05) is 71.6 Å². The minimum absolute atomic E-state index is 0. The first-order chi connectivity index (χ1) is 31.5. The van der Waals surface area contributed by atoms with Crippen molar-refractivity contribution in [1.82, 2.24) is 0 Å². The first-order valence-corrected chi connectivity index (χ1v) is 29.6. The van der Waals surface area contributed by atoms with Crippen molar-refractivity contribution >= 4 is 46.3 Å². The van der Waals surface area contributed by atoms with Crippen molar-refractivity contribution in [1.29, 1.82) is 0 Å². The van der Waals surface area contributed by atoms with Gasteiger partial charge in [0.1, 0.15) is 5.60 Å². The van der Waals surface area contributed by atoms with Gasteiger partial charge >= 0.3 is 6.09 Å². The van der Waals surface area contributed by atoms with Crippen molar-refractivity contribution in [3.63, 3.8) is 0 Å². The number of ether oxygens (including phenoxy) is 3. The third-order valence-electron chi connectivity index (χ3n) is 11.5. The van der Waals surface area contributed by atoms with Gasteiger partial charge in [0.15, 0.2) is 16.6 Å². The Morgan fingerprint density at radius 2 is 0.943 bits per heavy atom. The molecular formula is C58H88N2O6Si2Y2-4. The molecule has 0 aliphatic heterocycles. The van der Waals surface area contributed by atoms with Gasteiger partial charge in [-0.1, -0.05) is 79.7 Å². The Bertz CT molecular complexity index is 1990. The fourth-order valence-corrected chi connectivity index (χ4v) is 7.46. The van der Waals surface area contributed by atoms with Crippen LogP contribution in [0.4, 0.5) is 16.2 Å². The molecule has 0 aliphatic carbocycles. The van der Waals surface area contributed by atoms with Crippen LogP contribution in [0, 0.1) is 36.1 Å². The summed E-state index contributed by atoms with van der Waals surface area (Å²) < 4.78 is 27.7. The maximum atomic E-state index is 12.0. The molecule has 0 aliphatic rings. The molecule has 0 fully saturated rings. The van der Waals surface area contributed by atoms with Crippen LogP contribution < -0.4 is 9.80 Å². The predicted octanol–water partition coefficient (Wildman–Crippen LogP) is 14.7. The van der Waals surface area contributed by atoms with Gasteiger partial charge in [-0.2, -0.15) is 71.8 Å². The molecule has 1 amide bonds. The van der Waals surface area contributed by atoms with Gasteiger partial charge in [0.2, 0.25) is 0 Å². The predicted molar refractivity (Wildman–Crippen MR) is 294 cm³/mol. The summed E-state index contributed by atoms with van der Waals surface area (Å²) in [4.78, 5) is 15.6. The largest absolute Gasteiger partial charge is 0.443 e. The Balaban J connectivity index is 0. The Hall–Kier alpha value is -2.09. The second kappa shape index (κ2) is 34.4. The van der Waals surface area contributed by atoms with E-state index in [2.05, 4.69) is 135 Å².